The van der Waals surface area contributed by atoms with Gasteiger partial charge in [0.2, 0.25) is 5.91 Å². The molecule has 1 amide bonds. The molecule has 0 aliphatic rings. The second kappa shape index (κ2) is 54.2. The molecule has 0 saturated heterocycles. The highest BCUT2D eigenvalue weighted by atomic mass is 16.3. The highest BCUT2D eigenvalue weighted by Crippen LogP contribution is 2.18. The maximum atomic E-state index is 12.5. The molecule has 0 aliphatic carbocycles. The first-order chi connectivity index (χ1) is 30.7. The van der Waals surface area contributed by atoms with Crippen LogP contribution in [-0.2, 0) is 4.79 Å². The molecule has 0 aliphatic heterocycles. The maximum Gasteiger partial charge on any atom is 0.220 e. The minimum absolute atomic E-state index is 0.0255. The van der Waals surface area contributed by atoms with E-state index in [0.29, 0.717) is 12.8 Å². The number of carbonyl (C=O) groups is 1. The molecule has 4 nitrogen and oxygen atoms in total. The quantitative estimate of drug-likeness (QED) is 0.0421. The summed E-state index contributed by atoms with van der Waals surface area (Å²) in [6.45, 7) is 4.37. The van der Waals surface area contributed by atoms with Crippen molar-refractivity contribution < 1.29 is 15.0 Å². The molecule has 3 N–H and O–H groups in total. The Bertz CT molecular complexity index is 901. The van der Waals surface area contributed by atoms with E-state index in [9.17, 15) is 15.0 Å². The molecule has 4 heteroatoms. The van der Waals surface area contributed by atoms with Gasteiger partial charge in [0.05, 0.1) is 18.8 Å². The lowest BCUT2D eigenvalue weighted by Gasteiger charge is -2.22. The third kappa shape index (κ3) is 49.9. The fraction of sp³-hybridized carbons (Fsp3) is 0.914. The van der Waals surface area contributed by atoms with Crippen molar-refractivity contribution in [2.45, 2.75) is 334 Å². The molecule has 2 unspecified atom stereocenters. The van der Waals surface area contributed by atoms with E-state index >= 15 is 0 Å². The molecule has 0 spiro atoms. The fourth-order valence-electron chi connectivity index (χ4n) is 9.10. The first-order valence-corrected chi connectivity index (χ1v) is 28.5. The lowest BCUT2D eigenvalue weighted by Crippen LogP contribution is -2.45. The van der Waals surface area contributed by atoms with E-state index in [1.807, 2.05) is 0 Å². The van der Waals surface area contributed by atoms with Crippen LogP contribution >= 0.6 is 0 Å². The number of hydrogen-bond acceptors (Lipinski definition) is 3. The van der Waals surface area contributed by atoms with Crippen LogP contribution in [0.25, 0.3) is 0 Å². The summed E-state index contributed by atoms with van der Waals surface area (Å²) >= 11 is 0. The summed E-state index contributed by atoms with van der Waals surface area (Å²) in [5.74, 6) is -0.0255. The van der Waals surface area contributed by atoms with Crippen molar-refractivity contribution in [1.29, 1.82) is 0 Å². The SMILES string of the molecule is CCCCCCC/C=C\C/C=C\CCCCCCCCCCCCCCCCCCCCCCCCCCCC(=O)NC(CO)C(O)CCCCCCCCCCCCCCC. The Kier molecular flexibility index (Phi) is 53.2. The van der Waals surface area contributed by atoms with E-state index < -0.39 is 12.1 Å². The van der Waals surface area contributed by atoms with Gasteiger partial charge in [-0.3, -0.25) is 4.79 Å². The van der Waals surface area contributed by atoms with Gasteiger partial charge in [-0.15, -0.1) is 0 Å². The second-order valence-electron chi connectivity index (χ2n) is 19.7. The third-order valence-electron chi connectivity index (χ3n) is 13.5. The van der Waals surface area contributed by atoms with Crippen molar-refractivity contribution in [2.24, 2.45) is 0 Å². The van der Waals surface area contributed by atoms with Gasteiger partial charge in [-0.25, -0.2) is 0 Å². The summed E-state index contributed by atoms with van der Waals surface area (Å²) < 4.78 is 0. The monoisotopic (exact) mass is 872 g/mol. The predicted octanol–water partition coefficient (Wildman–Crippen LogP) is 18.7. The van der Waals surface area contributed by atoms with E-state index in [2.05, 4.69) is 43.5 Å². The molecule has 0 aromatic heterocycles. The molecule has 0 aromatic carbocycles. The van der Waals surface area contributed by atoms with Gasteiger partial charge in [0.1, 0.15) is 0 Å². The first kappa shape index (κ1) is 60.9. The van der Waals surface area contributed by atoms with Gasteiger partial charge in [-0.05, 0) is 44.9 Å². The van der Waals surface area contributed by atoms with Crippen LogP contribution in [0, 0.1) is 0 Å². The number of carbonyl (C=O) groups excluding carboxylic acids is 1. The van der Waals surface area contributed by atoms with Crippen LogP contribution in [0.4, 0.5) is 0 Å². The van der Waals surface area contributed by atoms with Gasteiger partial charge < -0.3 is 15.5 Å². The van der Waals surface area contributed by atoms with Crippen LogP contribution in [0.3, 0.4) is 0 Å². The zero-order valence-electron chi connectivity index (χ0n) is 42.4. The number of unbranched alkanes of at least 4 members (excludes halogenated alkanes) is 42. The van der Waals surface area contributed by atoms with Crippen molar-refractivity contribution >= 4 is 5.91 Å². The van der Waals surface area contributed by atoms with Crippen molar-refractivity contribution in [2.75, 3.05) is 6.61 Å². The Morgan fingerprint density at radius 1 is 0.387 bits per heavy atom. The Hall–Kier alpha value is -1.13. The standard InChI is InChI=1S/C58H113NO3/c1-3-5-7-9-11-13-15-17-18-19-20-21-22-23-24-25-26-27-28-29-30-31-32-33-34-35-36-37-38-39-40-42-44-46-48-50-52-54-58(62)59-56(55-60)57(61)53-51-49-47-45-43-41-16-14-12-10-8-6-4-2/h15,17,19-20,56-57,60-61H,3-14,16,18,21-55H2,1-2H3,(H,59,62)/b17-15-,20-19-. The third-order valence-corrected chi connectivity index (χ3v) is 13.5. The van der Waals surface area contributed by atoms with Crippen LogP contribution in [0.1, 0.15) is 322 Å². The van der Waals surface area contributed by atoms with E-state index in [-0.39, 0.29) is 12.5 Å². The van der Waals surface area contributed by atoms with Crippen LogP contribution < -0.4 is 5.32 Å². The van der Waals surface area contributed by atoms with Crippen LogP contribution in [0.5, 0.6) is 0 Å². The lowest BCUT2D eigenvalue weighted by atomic mass is 10.0. The van der Waals surface area contributed by atoms with Crippen molar-refractivity contribution in [3.63, 3.8) is 0 Å². The van der Waals surface area contributed by atoms with Crippen molar-refractivity contribution in [1.82, 2.24) is 5.32 Å². The molecule has 368 valence electrons. The Balaban J connectivity index is 3.35. The van der Waals surface area contributed by atoms with E-state index in [0.717, 1.165) is 32.1 Å². The zero-order valence-corrected chi connectivity index (χ0v) is 42.4. The predicted molar refractivity (Wildman–Crippen MR) is 276 cm³/mol. The van der Waals surface area contributed by atoms with Gasteiger partial charge in [0.25, 0.3) is 0 Å². The summed E-state index contributed by atoms with van der Waals surface area (Å²) in [5.41, 5.74) is 0. The summed E-state index contributed by atoms with van der Waals surface area (Å²) in [5, 5.41) is 23.2. The topological polar surface area (TPSA) is 69.6 Å². The molecule has 0 aromatic rings. The smallest absolute Gasteiger partial charge is 0.220 e. The number of aliphatic hydroxyl groups is 2. The Morgan fingerprint density at radius 2 is 0.661 bits per heavy atom. The highest BCUT2D eigenvalue weighted by molar-refractivity contribution is 5.76. The molecule has 0 bridgehead atoms. The van der Waals surface area contributed by atoms with Crippen molar-refractivity contribution in [3.05, 3.63) is 24.3 Å². The second-order valence-corrected chi connectivity index (χ2v) is 19.7. The fourth-order valence-corrected chi connectivity index (χ4v) is 9.10. The van der Waals surface area contributed by atoms with Gasteiger partial charge >= 0.3 is 0 Å². The molecule has 0 rings (SSSR count). The van der Waals surface area contributed by atoms with E-state index in [4.69, 9.17) is 0 Å². The van der Waals surface area contributed by atoms with E-state index in [1.165, 1.54) is 263 Å². The number of aliphatic hydroxyl groups excluding tert-OH is 2. The van der Waals surface area contributed by atoms with Gasteiger partial charge in [-0.1, -0.05) is 295 Å². The molecular weight excluding hydrogens is 759 g/mol. The molecule has 2 atom stereocenters. The summed E-state index contributed by atoms with van der Waals surface area (Å²) in [6, 6.07) is -0.532. The Labute approximate surface area is 389 Å². The van der Waals surface area contributed by atoms with Gasteiger partial charge in [-0.2, -0.15) is 0 Å². The lowest BCUT2D eigenvalue weighted by molar-refractivity contribution is -0.123. The number of hydrogen-bond donors (Lipinski definition) is 3. The van der Waals surface area contributed by atoms with Crippen LogP contribution in [0.2, 0.25) is 0 Å². The molecule has 0 heterocycles. The average Bonchev–Trinajstić information content (AvgIpc) is 3.28. The first-order valence-electron chi connectivity index (χ1n) is 28.5. The number of allylic oxidation sites excluding steroid dienone is 4. The molecule has 62 heavy (non-hydrogen) atoms. The summed E-state index contributed by atoms with van der Waals surface area (Å²) in [7, 11) is 0. The maximum absolute atomic E-state index is 12.5. The molecule has 0 radical (unpaired) electrons. The number of amides is 1. The van der Waals surface area contributed by atoms with Crippen molar-refractivity contribution in [3.8, 4) is 0 Å². The summed E-state index contributed by atoms with van der Waals surface area (Å²) in [4.78, 5) is 12.5. The minimum Gasteiger partial charge on any atom is -0.394 e. The largest absolute Gasteiger partial charge is 0.394 e. The van der Waals surface area contributed by atoms with Crippen LogP contribution in [-0.4, -0.2) is 34.9 Å². The number of rotatable bonds is 53. The van der Waals surface area contributed by atoms with E-state index in [1.54, 1.807) is 0 Å². The van der Waals surface area contributed by atoms with Crippen LogP contribution in [0.15, 0.2) is 24.3 Å². The molecular formula is C58H113NO3. The average molecular weight is 873 g/mol. The Morgan fingerprint density at radius 3 is 0.968 bits per heavy atom. The van der Waals surface area contributed by atoms with Gasteiger partial charge in [0, 0.05) is 6.42 Å². The normalized spacial score (nSPS) is 12.9. The zero-order chi connectivity index (χ0) is 44.9. The molecule has 0 saturated carbocycles. The number of nitrogens with one attached hydrogen (secondary N) is 1. The highest BCUT2D eigenvalue weighted by Gasteiger charge is 2.20. The molecule has 0 fully saturated rings. The minimum atomic E-state index is -0.655. The summed E-state index contributed by atoms with van der Waals surface area (Å²) in [6.07, 6.45) is 71.8. The van der Waals surface area contributed by atoms with Gasteiger partial charge in [0.15, 0.2) is 0 Å².